The molecule has 0 radical (unpaired) electrons. The lowest BCUT2D eigenvalue weighted by molar-refractivity contribution is 0.595. The number of nitrogens with one attached hydrogen (secondary N) is 1. The fraction of sp³-hybridized carbons (Fsp3) is 0.100. The molecule has 0 aliphatic carbocycles. The van der Waals surface area contributed by atoms with Crippen molar-refractivity contribution in [2.45, 2.75) is 23.6 Å². The first-order chi connectivity index (χ1) is 16.8. The molecule has 0 fully saturated rings. The molecule has 2 aromatic heterocycles. The number of nitrogens with zero attached hydrogens (tertiary/aromatic N) is 1. The number of hydrogen-bond acceptors (Lipinski definition) is 7. The van der Waals surface area contributed by atoms with E-state index in [1.165, 1.54) is 6.20 Å². The van der Waals surface area contributed by atoms with Gasteiger partial charge in [-0.15, -0.1) is 0 Å². The van der Waals surface area contributed by atoms with Crippen LogP contribution in [0.15, 0.2) is 63.4 Å². The molecule has 0 spiro atoms. The first-order valence-corrected chi connectivity index (χ1v) is 17.6. The quantitative estimate of drug-likeness (QED) is 0.252. The Kier molecular flexibility index (Phi) is 10.2. The van der Waals surface area contributed by atoms with Gasteiger partial charge in [0.2, 0.25) is 25.5 Å². The normalized spacial score (nSPS) is 11.9. The molecule has 0 amide bonds. The van der Waals surface area contributed by atoms with Gasteiger partial charge in [0, 0.05) is 28.7 Å². The highest BCUT2D eigenvalue weighted by atomic mass is 36.0. The van der Waals surface area contributed by atoms with E-state index in [2.05, 4.69) is 43.7 Å². The van der Waals surface area contributed by atoms with Gasteiger partial charge in [-0.25, -0.2) is 27.1 Å². The molecule has 200 valence electrons. The molecule has 2 aromatic carbocycles. The van der Waals surface area contributed by atoms with Crippen molar-refractivity contribution in [3.05, 3.63) is 75.2 Å². The number of aromatic nitrogens is 2. The second-order valence-electron chi connectivity index (χ2n) is 7.48. The predicted octanol–water partition coefficient (Wildman–Crippen LogP) is 5.14. The third-order valence-corrected chi connectivity index (χ3v) is 6.90. The zero-order chi connectivity index (χ0) is 28.3. The van der Waals surface area contributed by atoms with E-state index in [0.717, 1.165) is 17.3 Å². The average molecular weight is 648 g/mol. The van der Waals surface area contributed by atoms with Crippen molar-refractivity contribution in [1.82, 2.24) is 9.97 Å². The summed E-state index contributed by atoms with van der Waals surface area (Å²) in [6, 6.07) is 10.6. The maximum atomic E-state index is 11.8. The Morgan fingerprint density at radius 3 is 1.86 bits per heavy atom. The van der Waals surface area contributed by atoms with Crippen molar-refractivity contribution in [2.75, 3.05) is 0 Å². The van der Waals surface area contributed by atoms with E-state index in [-0.39, 0.29) is 9.92 Å². The van der Waals surface area contributed by atoms with E-state index in [9.17, 15) is 26.2 Å². The Balaban J connectivity index is 0.000000221. The van der Waals surface area contributed by atoms with Gasteiger partial charge in [0.1, 0.15) is 9.79 Å². The van der Waals surface area contributed by atoms with E-state index in [4.69, 9.17) is 21.9 Å². The number of fused-ring (bicyclic) bond motifs is 2. The number of primary sulfonamides is 2. The van der Waals surface area contributed by atoms with Gasteiger partial charge in [-0.1, -0.05) is 34.9 Å². The van der Waals surface area contributed by atoms with Gasteiger partial charge in [0.25, 0.3) is 0 Å². The first kappa shape index (κ1) is 31.5. The molecule has 0 saturated heterocycles. The highest BCUT2D eigenvalue weighted by Gasteiger charge is 2.16. The monoisotopic (exact) mass is 646 g/mol. The molecule has 4 aromatic rings. The molecule has 37 heavy (non-hydrogen) atoms. The lowest BCUT2D eigenvalue weighted by Crippen LogP contribution is -2.22. The van der Waals surface area contributed by atoms with Crippen LogP contribution in [-0.2, 0) is 24.6 Å². The molecule has 0 aliphatic rings. The molecule has 0 aliphatic heterocycles. The highest BCUT2D eigenvalue weighted by Crippen LogP contribution is 2.61. The summed E-state index contributed by atoms with van der Waals surface area (Å²) in [5.41, 5.74) is 2.51. The van der Waals surface area contributed by atoms with Gasteiger partial charge in [-0.3, -0.25) is 14.3 Å². The Morgan fingerprint density at radius 2 is 1.35 bits per heavy atom. The fourth-order valence-corrected chi connectivity index (χ4v) is 4.65. The number of benzene rings is 2. The van der Waals surface area contributed by atoms with Crippen LogP contribution in [0.5, 0.6) is 0 Å². The molecule has 0 bridgehead atoms. The first-order valence-electron chi connectivity index (χ1n) is 9.70. The maximum Gasteiger partial charge on any atom is 0.339 e. The summed E-state index contributed by atoms with van der Waals surface area (Å²) < 4.78 is 54.3. The third-order valence-electron chi connectivity index (χ3n) is 4.54. The largest absolute Gasteiger partial charge is 0.360 e. The van der Waals surface area contributed by atoms with Gasteiger partial charge in [-0.2, -0.15) is 0 Å². The fourth-order valence-electron chi connectivity index (χ4n) is 2.98. The van der Waals surface area contributed by atoms with Gasteiger partial charge in [0.05, 0.1) is 10.5 Å². The van der Waals surface area contributed by atoms with Crippen molar-refractivity contribution in [2.24, 2.45) is 10.3 Å². The zero-order valence-corrected chi connectivity index (χ0v) is 24.5. The van der Waals surface area contributed by atoms with Gasteiger partial charge in [-0.05, 0) is 71.8 Å². The minimum Gasteiger partial charge on any atom is -0.360 e. The van der Waals surface area contributed by atoms with Crippen molar-refractivity contribution < 1.29 is 21.4 Å². The van der Waals surface area contributed by atoms with Crippen molar-refractivity contribution in [1.29, 1.82) is 0 Å². The minimum absolute atomic E-state index is 0.121. The summed E-state index contributed by atoms with van der Waals surface area (Å²) in [7, 11) is -7.81. The van der Waals surface area contributed by atoms with E-state index in [1.807, 2.05) is 26.0 Å². The van der Waals surface area contributed by atoms with Crippen LogP contribution >= 0.6 is 50.5 Å². The van der Waals surface area contributed by atoms with Crippen molar-refractivity contribution in [3.8, 4) is 0 Å². The second kappa shape index (κ2) is 12.0. The molecule has 17 heteroatoms. The van der Waals surface area contributed by atoms with Crippen LogP contribution in [0.1, 0.15) is 11.1 Å². The zero-order valence-electron chi connectivity index (χ0n) is 18.9. The number of rotatable bonds is 2. The van der Waals surface area contributed by atoms with Gasteiger partial charge in [0.15, 0.2) is 0 Å². The number of pyridine rings is 2. The van der Waals surface area contributed by atoms with Crippen LogP contribution in [0.4, 0.5) is 0 Å². The van der Waals surface area contributed by atoms with Crippen LogP contribution in [-0.4, -0.2) is 26.8 Å². The molecule has 10 nitrogen and oxygen atoms in total. The second-order valence-corrected chi connectivity index (χ2v) is 17.6. The number of hydrogen-bond donors (Lipinski definition) is 3. The molecule has 5 N–H and O–H groups in total. The standard InChI is InChI=1S/C10H9ClN2O2S.C10H10N2O3S.Cl3OP/c1-6-2-3-8-7(4-6)10(11)9(5-13-8)16(12,14)15;1-6-2-3-8-7(4-6)10(13)9(5-12-8)16(11,14)15;1-5(2,3)4/h2-5H,1H3,(H2,12,14,15);2-5H,1H3,(H,12,13)(H2,11,14,15);. The number of nitrogens with two attached hydrogens (primary N) is 2. The molecule has 0 saturated carbocycles. The van der Waals surface area contributed by atoms with Gasteiger partial charge < -0.3 is 4.98 Å². The Morgan fingerprint density at radius 1 is 0.865 bits per heavy atom. The van der Waals surface area contributed by atoms with Crippen LogP contribution in [0.3, 0.4) is 0 Å². The van der Waals surface area contributed by atoms with Crippen LogP contribution in [0, 0.1) is 13.8 Å². The number of sulfonamides is 2. The summed E-state index contributed by atoms with van der Waals surface area (Å²) in [5.74, 6) is 0. The summed E-state index contributed by atoms with van der Waals surface area (Å²) in [6.45, 7) is 3.71. The molecule has 0 atom stereocenters. The van der Waals surface area contributed by atoms with Crippen LogP contribution < -0.4 is 15.7 Å². The average Bonchev–Trinajstić information content (AvgIpc) is 2.72. The van der Waals surface area contributed by atoms with E-state index in [1.54, 1.807) is 24.3 Å². The summed E-state index contributed by atoms with van der Waals surface area (Å²) in [5, 5.41) is 7.79. The maximum absolute atomic E-state index is 11.8. The number of halogens is 4. The van der Waals surface area contributed by atoms with Crippen LogP contribution in [0.25, 0.3) is 21.8 Å². The highest BCUT2D eigenvalue weighted by molar-refractivity contribution is 8.24. The molecular weight excluding hydrogens is 629 g/mol. The SMILES string of the molecule is Cc1ccc2[nH]cc(S(N)(=O)=O)c(=O)c2c1.Cc1ccc2ncc(S(N)(=O)=O)c(Cl)c2c1.O=P(Cl)(Cl)Cl. The molecule has 0 unspecified atom stereocenters. The summed E-state index contributed by atoms with van der Waals surface area (Å²) in [4.78, 5) is 18.0. The number of aryl methyl sites for hydroxylation is 2. The van der Waals surface area contributed by atoms with E-state index in [0.29, 0.717) is 21.8 Å². The Labute approximate surface area is 231 Å². The van der Waals surface area contributed by atoms with Crippen molar-refractivity contribution >= 4 is 92.4 Å². The van der Waals surface area contributed by atoms with Crippen LogP contribution in [0.2, 0.25) is 5.02 Å². The number of H-pyrrole nitrogens is 1. The van der Waals surface area contributed by atoms with Gasteiger partial charge >= 0.3 is 5.20 Å². The lowest BCUT2D eigenvalue weighted by Gasteiger charge is -2.05. The summed E-state index contributed by atoms with van der Waals surface area (Å²) >= 11 is 19.8. The summed E-state index contributed by atoms with van der Waals surface area (Å²) in [6.07, 6.45) is 2.30. The van der Waals surface area contributed by atoms with E-state index >= 15 is 0 Å². The smallest absolute Gasteiger partial charge is 0.339 e. The predicted molar refractivity (Wildman–Crippen MR) is 149 cm³/mol. The van der Waals surface area contributed by atoms with Crippen molar-refractivity contribution in [3.63, 3.8) is 0 Å². The molecule has 4 rings (SSSR count). The van der Waals surface area contributed by atoms with E-state index < -0.39 is 35.6 Å². The lowest BCUT2D eigenvalue weighted by atomic mass is 10.1. The minimum atomic E-state index is -3.98. The Hall–Kier alpha value is -1.73. The Bertz CT molecular complexity index is 1800. The molecule has 2 heterocycles. The number of aromatic amines is 1. The third kappa shape index (κ3) is 9.20. The topological polar surface area (TPSA) is 183 Å². The molecular formula is C20H19Cl4N4O6PS2.